The quantitative estimate of drug-likeness (QED) is 0.134. The standard InChI is InChI=1S/C21H25N9O5S2/c1-30(2,9-12-6-7-23-26-12)8-4-5-11-10-36-19-14(18(32)29(19)15(11)20(33)34)24-17(31)13(27-35-3)16-25-21(22)37-28-16/h4-7,14,19H,8-10H2,1-3H3,(H4-,22,23,24,25,26,28,31,33,34)/p+1/b5-4+,27-13-/t14-,19-/m1/s1. The zero-order chi connectivity index (χ0) is 26.7. The fraction of sp³-hybridized carbons (Fsp3) is 0.381. The normalized spacial score (nSPS) is 20.1. The van der Waals surface area contributed by atoms with Crippen molar-refractivity contribution in [3.05, 3.63) is 47.2 Å². The Labute approximate surface area is 220 Å². The van der Waals surface area contributed by atoms with Crippen LogP contribution in [0.15, 0.2) is 40.8 Å². The molecule has 2 atom stereocenters. The topological polar surface area (TPSA) is 189 Å². The molecule has 2 aromatic heterocycles. The van der Waals surface area contributed by atoms with Gasteiger partial charge in [0.25, 0.3) is 11.8 Å². The van der Waals surface area contributed by atoms with Crippen LogP contribution in [0.1, 0.15) is 11.5 Å². The Kier molecular flexibility index (Phi) is 7.60. The minimum Gasteiger partial charge on any atom is -0.477 e. The lowest BCUT2D eigenvalue weighted by Gasteiger charge is -2.49. The van der Waals surface area contributed by atoms with Gasteiger partial charge in [-0.05, 0) is 17.7 Å². The predicted octanol–water partition coefficient (Wildman–Crippen LogP) is -0.235. The molecule has 2 aromatic rings. The number of anilines is 1. The molecule has 2 aliphatic rings. The lowest BCUT2D eigenvalue weighted by atomic mass is 10.0. The van der Waals surface area contributed by atoms with Crippen LogP contribution in [0, 0.1) is 0 Å². The highest BCUT2D eigenvalue weighted by atomic mass is 32.2. The number of carbonyl (C=O) groups is 3. The number of thioether (sulfide) groups is 1. The highest BCUT2D eigenvalue weighted by molar-refractivity contribution is 8.00. The van der Waals surface area contributed by atoms with Gasteiger partial charge in [-0.3, -0.25) is 19.6 Å². The highest BCUT2D eigenvalue weighted by Gasteiger charge is 2.54. The number of carbonyl (C=O) groups excluding carboxylic acids is 2. The molecule has 2 amide bonds. The van der Waals surface area contributed by atoms with Crippen molar-refractivity contribution in [3.8, 4) is 0 Å². The minimum absolute atomic E-state index is 0.0332. The van der Waals surface area contributed by atoms with E-state index in [1.54, 1.807) is 12.3 Å². The lowest BCUT2D eigenvalue weighted by Crippen LogP contribution is -2.71. The van der Waals surface area contributed by atoms with E-state index in [1.165, 1.54) is 23.8 Å². The second-order valence-corrected chi connectivity index (χ2v) is 10.8. The van der Waals surface area contributed by atoms with Gasteiger partial charge in [0.15, 0.2) is 5.13 Å². The number of aromatic nitrogens is 4. The molecule has 4 heterocycles. The van der Waals surface area contributed by atoms with Crippen LogP contribution in [-0.4, -0.2) is 102 Å². The molecule has 5 N–H and O–H groups in total. The summed E-state index contributed by atoms with van der Waals surface area (Å²) in [4.78, 5) is 47.8. The van der Waals surface area contributed by atoms with Gasteiger partial charge in [-0.2, -0.15) is 14.5 Å². The third kappa shape index (κ3) is 5.65. The molecule has 37 heavy (non-hydrogen) atoms. The molecule has 0 bridgehead atoms. The molecule has 14 nitrogen and oxygen atoms in total. The zero-order valence-electron chi connectivity index (χ0n) is 20.2. The number of fused-ring (bicyclic) bond motifs is 1. The number of hydrogen-bond acceptors (Lipinski definition) is 11. The van der Waals surface area contributed by atoms with Crippen LogP contribution in [-0.2, 0) is 25.8 Å². The van der Waals surface area contributed by atoms with Crippen molar-refractivity contribution < 1.29 is 28.8 Å². The van der Waals surface area contributed by atoms with Gasteiger partial charge in [-0.15, -0.1) is 11.8 Å². The summed E-state index contributed by atoms with van der Waals surface area (Å²) in [5, 5.41) is 22.6. The molecule has 16 heteroatoms. The number of likely N-dealkylation sites (N-methyl/N-ethyl adjacent to an activating group) is 1. The van der Waals surface area contributed by atoms with Crippen molar-refractivity contribution in [1.29, 1.82) is 0 Å². The number of hydrogen-bond donors (Lipinski definition) is 4. The first kappa shape index (κ1) is 26.3. The number of aliphatic carboxylic acids is 1. The highest BCUT2D eigenvalue weighted by Crippen LogP contribution is 2.40. The van der Waals surface area contributed by atoms with Gasteiger partial charge < -0.3 is 25.5 Å². The summed E-state index contributed by atoms with van der Waals surface area (Å²) in [6.45, 7) is 1.35. The number of rotatable bonds is 10. The molecule has 0 saturated carbocycles. The van der Waals surface area contributed by atoms with E-state index in [1.807, 2.05) is 26.2 Å². The largest absolute Gasteiger partial charge is 0.477 e. The van der Waals surface area contributed by atoms with Crippen molar-refractivity contribution in [2.45, 2.75) is 18.0 Å². The molecule has 1 saturated heterocycles. The first-order valence-electron chi connectivity index (χ1n) is 11.0. The number of β-lactam (4-membered cyclic amide) rings is 1. The van der Waals surface area contributed by atoms with E-state index in [0.29, 0.717) is 22.4 Å². The van der Waals surface area contributed by atoms with E-state index in [0.717, 1.165) is 23.8 Å². The monoisotopic (exact) mass is 548 g/mol. The lowest BCUT2D eigenvalue weighted by molar-refractivity contribution is -0.898. The summed E-state index contributed by atoms with van der Waals surface area (Å²) in [6.07, 6.45) is 5.35. The van der Waals surface area contributed by atoms with Gasteiger partial charge in [-0.25, -0.2) is 4.79 Å². The van der Waals surface area contributed by atoms with E-state index in [2.05, 4.69) is 30.0 Å². The van der Waals surface area contributed by atoms with Crippen LogP contribution in [0.25, 0.3) is 0 Å². The molecular weight excluding hydrogens is 522 g/mol. The number of nitrogens with one attached hydrogen (secondary N) is 2. The fourth-order valence-corrected chi connectivity index (χ4v) is 5.72. The van der Waals surface area contributed by atoms with Crippen LogP contribution in [0.4, 0.5) is 5.13 Å². The summed E-state index contributed by atoms with van der Waals surface area (Å²) in [5.74, 6) is -2.16. The third-order valence-electron chi connectivity index (χ3n) is 5.61. The molecule has 4 rings (SSSR count). The molecule has 0 aliphatic carbocycles. The van der Waals surface area contributed by atoms with E-state index in [4.69, 9.17) is 10.6 Å². The van der Waals surface area contributed by atoms with Crippen LogP contribution in [0.2, 0.25) is 0 Å². The SMILES string of the molecule is CO/N=C(\C(=O)N[C@@H]1C(=O)N2C(C(=O)O)=C(/C=C/C[N+](C)(C)Cc3ccn[nH]3)CS[C@H]12)c1nsc(N)n1. The Morgan fingerprint density at radius 1 is 1.46 bits per heavy atom. The van der Waals surface area contributed by atoms with Gasteiger partial charge in [0, 0.05) is 23.5 Å². The van der Waals surface area contributed by atoms with Crippen molar-refractivity contribution in [2.75, 3.05) is 39.2 Å². The molecule has 2 aliphatic heterocycles. The van der Waals surface area contributed by atoms with Gasteiger partial charge >= 0.3 is 5.97 Å². The van der Waals surface area contributed by atoms with E-state index >= 15 is 0 Å². The molecule has 0 spiro atoms. The smallest absolute Gasteiger partial charge is 0.352 e. The van der Waals surface area contributed by atoms with Gasteiger partial charge in [-0.1, -0.05) is 11.2 Å². The predicted molar refractivity (Wildman–Crippen MR) is 136 cm³/mol. The number of nitrogens with zero attached hydrogens (tertiary/aromatic N) is 6. The van der Waals surface area contributed by atoms with Crippen LogP contribution >= 0.6 is 23.3 Å². The Bertz CT molecular complexity index is 1290. The molecule has 1 fully saturated rings. The number of carboxylic acid groups (broad SMARTS) is 1. The van der Waals surface area contributed by atoms with Crippen LogP contribution < -0.4 is 11.1 Å². The number of nitrogen functional groups attached to an aromatic ring is 1. The van der Waals surface area contributed by atoms with E-state index in [9.17, 15) is 19.5 Å². The van der Waals surface area contributed by atoms with Gasteiger partial charge in [0.05, 0.1) is 26.3 Å². The summed E-state index contributed by atoms with van der Waals surface area (Å²) in [7, 11) is 5.35. The second kappa shape index (κ2) is 10.7. The first-order chi connectivity index (χ1) is 17.6. The maximum Gasteiger partial charge on any atom is 0.352 e. The van der Waals surface area contributed by atoms with Gasteiger partial charge in [0.2, 0.25) is 11.5 Å². The van der Waals surface area contributed by atoms with E-state index < -0.39 is 29.2 Å². The maximum absolute atomic E-state index is 13.0. The number of nitrogens with two attached hydrogens (primary N) is 1. The molecular formula is C21H26N9O5S2+. The molecule has 0 aromatic carbocycles. The molecule has 0 radical (unpaired) electrons. The Hall–Kier alpha value is -3.76. The third-order valence-corrected chi connectivity index (χ3v) is 7.46. The Morgan fingerprint density at radius 3 is 2.86 bits per heavy atom. The minimum atomic E-state index is -1.21. The number of H-pyrrole nitrogens is 1. The average molecular weight is 549 g/mol. The van der Waals surface area contributed by atoms with Gasteiger partial charge in [0.1, 0.15) is 30.8 Å². The number of quaternary nitrogens is 1. The van der Waals surface area contributed by atoms with Crippen LogP contribution in [0.5, 0.6) is 0 Å². The Morgan fingerprint density at radius 2 is 2.24 bits per heavy atom. The van der Waals surface area contributed by atoms with Crippen molar-refractivity contribution in [3.63, 3.8) is 0 Å². The van der Waals surface area contributed by atoms with Crippen molar-refractivity contribution in [1.82, 2.24) is 29.8 Å². The maximum atomic E-state index is 13.0. The summed E-state index contributed by atoms with van der Waals surface area (Å²) in [5.41, 5.74) is 6.78. The summed E-state index contributed by atoms with van der Waals surface area (Å²) < 4.78 is 4.57. The summed E-state index contributed by atoms with van der Waals surface area (Å²) in [6, 6.07) is 0.963. The number of amides is 2. The molecule has 0 unspecified atom stereocenters. The Balaban J connectivity index is 1.46. The first-order valence-corrected chi connectivity index (χ1v) is 12.8. The average Bonchev–Trinajstić information content (AvgIpc) is 3.51. The summed E-state index contributed by atoms with van der Waals surface area (Å²) >= 11 is 2.25. The number of aromatic amines is 1. The van der Waals surface area contributed by atoms with Crippen molar-refractivity contribution >= 4 is 51.9 Å². The molecule has 196 valence electrons. The number of carboxylic acids is 1. The zero-order valence-corrected chi connectivity index (χ0v) is 21.9. The van der Waals surface area contributed by atoms with Crippen molar-refractivity contribution in [2.24, 2.45) is 5.16 Å². The number of oxime groups is 1. The van der Waals surface area contributed by atoms with E-state index in [-0.39, 0.29) is 22.4 Å². The second-order valence-electron chi connectivity index (χ2n) is 8.88. The number of allylic oxidation sites excluding steroid dienone is 1. The van der Waals surface area contributed by atoms with Crippen LogP contribution in [0.3, 0.4) is 0 Å². The fourth-order valence-electron chi connectivity index (χ4n) is 3.97.